The van der Waals surface area contributed by atoms with Gasteiger partial charge in [-0.3, -0.25) is 9.59 Å². The molecule has 0 aliphatic carbocycles. The van der Waals surface area contributed by atoms with Crippen LogP contribution in [0.5, 0.6) is 11.5 Å². The Balaban J connectivity index is 1.40. The summed E-state index contributed by atoms with van der Waals surface area (Å²) in [5, 5.41) is 15.1. The van der Waals surface area contributed by atoms with Crippen molar-refractivity contribution in [1.29, 1.82) is 0 Å². The Morgan fingerprint density at radius 3 is 2.54 bits per heavy atom. The number of amides is 2. The van der Waals surface area contributed by atoms with Crippen LogP contribution >= 0.6 is 0 Å². The van der Waals surface area contributed by atoms with Crippen molar-refractivity contribution in [3.05, 3.63) is 59.7 Å². The largest absolute Gasteiger partial charge is 0.454 e. The molecule has 1 aliphatic heterocycles. The third-order valence-electron chi connectivity index (χ3n) is 3.98. The summed E-state index contributed by atoms with van der Waals surface area (Å²) in [4.78, 5) is 23.7. The first-order chi connectivity index (χ1) is 12.6. The fraction of sp³-hybridized carbons (Fsp3) is 0.263. The van der Waals surface area contributed by atoms with Gasteiger partial charge in [-0.1, -0.05) is 36.4 Å². The molecule has 1 atom stereocenters. The quantitative estimate of drug-likeness (QED) is 0.678. The van der Waals surface area contributed by atoms with Gasteiger partial charge in [0.25, 0.3) is 0 Å². The molecule has 1 heterocycles. The van der Waals surface area contributed by atoms with Gasteiger partial charge in [-0.2, -0.15) is 0 Å². The highest BCUT2D eigenvalue weighted by Crippen LogP contribution is 2.32. The van der Waals surface area contributed by atoms with Gasteiger partial charge >= 0.3 is 11.8 Å². The topological polar surface area (TPSA) is 96.9 Å². The number of hydrogen-bond donors (Lipinski definition) is 3. The summed E-state index contributed by atoms with van der Waals surface area (Å²) < 4.78 is 10.5. The lowest BCUT2D eigenvalue weighted by Gasteiger charge is -2.11. The zero-order valence-corrected chi connectivity index (χ0v) is 14.1. The molecule has 0 radical (unpaired) electrons. The second-order valence-corrected chi connectivity index (χ2v) is 5.84. The Hall–Kier alpha value is -3.06. The van der Waals surface area contributed by atoms with Crippen LogP contribution in [0.1, 0.15) is 23.7 Å². The third kappa shape index (κ3) is 4.52. The summed E-state index contributed by atoms with van der Waals surface area (Å²) >= 11 is 0. The zero-order chi connectivity index (χ0) is 18.4. The van der Waals surface area contributed by atoms with Crippen LogP contribution in [0.2, 0.25) is 0 Å². The van der Waals surface area contributed by atoms with Gasteiger partial charge in [0.15, 0.2) is 11.5 Å². The predicted octanol–water partition coefficient (Wildman–Crippen LogP) is 1.27. The highest BCUT2D eigenvalue weighted by molar-refractivity contribution is 6.35. The predicted molar refractivity (Wildman–Crippen MR) is 93.4 cm³/mol. The van der Waals surface area contributed by atoms with Crippen LogP contribution in [0.3, 0.4) is 0 Å². The fourth-order valence-electron chi connectivity index (χ4n) is 2.56. The van der Waals surface area contributed by atoms with Gasteiger partial charge in [-0.25, -0.2) is 0 Å². The van der Waals surface area contributed by atoms with Crippen LogP contribution in [0.25, 0.3) is 0 Å². The van der Waals surface area contributed by atoms with E-state index >= 15 is 0 Å². The number of benzene rings is 2. The number of rotatable bonds is 6. The number of carbonyl (C=O) groups is 2. The number of aliphatic hydroxyl groups excluding tert-OH is 1. The average molecular weight is 356 g/mol. The summed E-state index contributed by atoms with van der Waals surface area (Å²) in [6.45, 7) is 0.588. The van der Waals surface area contributed by atoms with E-state index in [2.05, 4.69) is 10.6 Å². The maximum Gasteiger partial charge on any atom is 0.309 e. The van der Waals surface area contributed by atoms with Crippen LogP contribution in [0.15, 0.2) is 48.5 Å². The molecule has 0 spiro atoms. The van der Waals surface area contributed by atoms with Crippen molar-refractivity contribution in [2.45, 2.75) is 19.1 Å². The lowest BCUT2D eigenvalue weighted by atomic mass is 10.1. The fourth-order valence-corrected chi connectivity index (χ4v) is 2.56. The molecule has 0 saturated carbocycles. The Morgan fingerprint density at radius 1 is 1.00 bits per heavy atom. The molecule has 2 aromatic rings. The zero-order valence-electron chi connectivity index (χ0n) is 14.1. The standard InChI is InChI=1S/C19H20N2O5/c22-15(14-4-2-1-3-5-14)8-9-20-18(23)19(24)21-11-13-6-7-16-17(10-13)26-12-25-16/h1-7,10,15,22H,8-9,11-12H2,(H,20,23)(H,21,24). The lowest BCUT2D eigenvalue weighted by molar-refractivity contribution is -0.139. The first-order valence-corrected chi connectivity index (χ1v) is 8.31. The van der Waals surface area contributed by atoms with Crippen molar-refractivity contribution in [2.75, 3.05) is 13.3 Å². The van der Waals surface area contributed by atoms with Gasteiger partial charge in [0.1, 0.15) is 0 Å². The van der Waals surface area contributed by atoms with Crippen molar-refractivity contribution in [1.82, 2.24) is 10.6 Å². The van der Waals surface area contributed by atoms with Crippen molar-refractivity contribution in [2.24, 2.45) is 0 Å². The SMILES string of the molecule is O=C(NCCC(O)c1ccccc1)C(=O)NCc1ccc2c(c1)OCO2. The lowest BCUT2D eigenvalue weighted by Crippen LogP contribution is -2.40. The number of carbonyl (C=O) groups excluding carboxylic acids is 2. The van der Waals surface area contributed by atoms with Crippen molar-refractivity contribution in [3.8, 4) is 11.5 Å². The average Bonchev–Trinajstić information content (AvgIpc) is 3.14. The number of ether oxygens (including phenoxy) is 2. The molecule has 3 rings (SSSR count). The van der Waals surface area contributed by atoms with E-state index in [1.807, 2.05) is 30.3 Å². The van der Waals surface area contributed by atoms with Crippen molar-refractivity contribution in [3.63, 3.8) is 0 Å². The maximum atomic E-state index is 11.9. The van der Waals surface area contributed by atoms with Crippen molar-refractivity contribution < 1.29 is 24.2 Å². The summed E-state index contributed by atoms with van der Waals surface area (Å²) in [7, 11) is 0. The molecule has 0 aromatic heterocycles. The molecular formula is C19H20N2O5. The molecule has 2 aromatic carbocycles. The second-order valence-electron chi connectivity index (χ2n) is 5.84. The van der Waals surface area contributed by atoms with E-state index in [1.54, 1.807) is 18.2 Å². The van der Waals surface area contributed by atoms with E-state index in [0.29, 0.717) is 17.9 Å². The Morgan fingerprint density at radius 2 is 1.73 bits per heavy atom. The molecule has 7 heteroatoms. The van der Waals surface area contributed by atoms with Crippen LogP contribution < -0.4 is 20.1 Å². The minimum atomic E-state index is -0.731. The number of fused-ring (bicyclic) bond motifs is 1. The van der Waals surface area contributed by atoms with E-state index in [9.17, 15) is 14.7 Å². The first kappa shape index (κ1) is 17.8. The van der Waals surface area contributed by atoms with Gasteiger partial charge in [-0.15, -0.1) is 0 Å². The van der Waals surface area contributed by atoms with Gasteiger partial charge in [-0.05, 0) is 29.7 Å². The smallest absolute Gasteiger partial charge is 0.309 e. The Bertz CT molecular complexity index is 779. The molecule has 0 fully saturated rings. The van der Waals surface area contributed by atoms with Gasteiger partial charge in [0.2, 0.25) is 6.79 Å². The molecule has 0 bridgehead atoms. The monoisotopic (exact) mass is 356 g/mol. The number of aliphatic hydroxyl groups is 1. The molecular weight excluding hydrogens is 336 g/mol. The van der Waals surface area contributed by atoms with Crippen LogP contribution in [-0.2, 0) is 16.1 Å². The molecule has 0 saturated heterocycles. The van der Waals surface area contributed by atoms with Gasteiger partial charge in [0.05, 0.1) is 6.10 Å². The Kier molecular flexibility index (Phi) is 5.70. The Labute approximate surface area is 150 Å². The van der Waals surface area contributed by atoms with Crippen LogP contribution in [-0.4, -0.2) is 30.3 Å². The molecule has 3 N–H and O–H groups in total. The van der Waals surface area contributed by atoms with Crippen LogP contribution in [0, 0.1) is 0 Å². The van der Waals surface area contributed by atoms with Gasteiger partial charge in [0, 0.05) is 13.1 Å². The summed E-state index contributed by atoms with van der Waals surface area (Å²) in [6, 6.07) is 14.5. The highest BCUT2D eigenvalue weighted by atomic mass is 16.7. The normalized spacial score (nSPS) is 13.1. The molecule has 1 unspecified atom stereocenters. The van der Waals surface area contributed by atoms with E-state index in [1.165, 1.54) is 0 Å². The molecule has 26 heavy (non-hydrogen) atoms. The van der Waals surface area contributed by atoms with E-state index < -0.39 is 17.9 Å². The molecule has 7 nitrogen and oxygen atoms in total. The molecule has 136 valence electrons. The molecule has 2 amide bonds. The third-order valence-corrected chi connectivity index (χ3v) is 3.98. The summed E-state index contributed by atoms with van der Waals surface area (Å²) in [6.07, 6.45) is -0.362. The summed E-state index contributed by atoms with van der Waals surface area (Å²) in [5.74, 6) is -0.172. The maximum absolute atomic E-state index is 11.9. The second kappa shape index (κ2) is 8.35. The highest BCUT2D eigenvalue weighted by Gasteiger charge is 2.16. The van der Waals surface area contributed by atoms with Crippen molar-refractivity contribution >= 4 is 11.8 Å². The minimum Gasteiger partial charge on any atom is -0.454 e. The number of nitrogens with one attached hydrogen (secondary N) is 2. The molecule has 1 aliphatic rings. The van der Waals surface area contributed by atoms with E-state index in [0.717, 1.165) is 11.1 Å². The van der Waals surface area contributed by atoms with Gasteiger partial charge < -0.3 is 25.2 Å². The van der Waals surface area contributed by atoms with E-state index in [-0.39, 0.29) is 19.9 Å². The van der Waals surface area contributed by atoms with Crippen LogP contribution in [0.4, 0.5) is 0 Å². The number of hydrogen-bond acceptors (Lipinski definition) is 5. The van der Waals surface area contributed by atoms with E-state index in [4.69, 9.17) is 9.47 Å². The minimum absolute atomic E-state index is 0.183. The first-order valence-electron chi connectivity index (χ1n) is 8.31. The summed E-state index contributed by atoms with van der Waals surface area (Å²) in [5.41, 5.74) is 1.57.